The van der Waals surface area contributed by atoms with Gasteiger partial charge in [0.1, 0.15) is 6.04 Å². The summed E-state index contributed by atoms with van der Waals surface area (Å²) >= 11 is 1.31. The number of amides is 3. The van der Waals surface area contributed by atoms with Crippen molar-refractivity contribution in [1.82, 2.24) is 15.6 Å². The first kappa shape index (κ1) is 24.6. The van der Waals surface area contributed by atoms with Gasteiger partial charge in [0.2, 0.25) is 11.8 Å². The third-order valence-corrected chi connectivity index (χ3v) is 7.11. The van der Waals surface area contributed by atoms with E-state index in [2.05, 4.69) is 22.5 Å². The van der Waals surface area contributed by atoms with Crippen molar-refractivity contribution >= 4 is 34.7 Å². The Labute approximate surface area is 209 Å². The minimum Gasteiger partial charge on any atom is -0.351 e. The first-order chi connectivity index (χ1) is 17.1. The predicted octanol–water partition coefficient (Wildman–Crippen LogP) is 4.27. The number of hydrogen-bond donors (Lipinski definition) is 2. The molecule has 3 amide bonds. The van der Waals surface area contributed by atoms with Crippen molar-refractivity contribution in [3.05, 3.63) is 82.3 Å². The predicted molar refractivity (Wildman–Crippen MR) is 137 cm³/mol. The SMILES string of the molecule is CCc1ccc(N(C(=O)CNC(=O)c2cccs2)[C@H](C(=O)NC2CCCC2)c2cccnc2)cc1. The first-order valence-corrected chi connectivity index (χ1v) is 12.9. The molecule has 0 unspecified atom stereocenters. The summed E-state index contributed by atoms with van der Waals surface area (Å²) in [6.07, 6.45) is 8.14. The number of aryl methyl sites for hydroxylation is 1. The summed E-state index contributed by atoms with van der Waals surface area (Å²) in [5, 5.41) is 7.66. The molecular weight excluding hydrogens is 460 g/mol. The van der Waals surface area contributed by atoms with Crippen LogP contribution < -0.4 is 15.5 Å². The lowest BCUT2D eigenvalue weighted by molar-refractivity contribution is -0.126. The fourth-order valence-electron chi connectivity index (χ4n) is 4.37. The fraction of sp³-hybridized carbons (Fsp3) is 0.333. The number of anilines is 1. The molecule has 1 aliphatic carbocycles. The highest BCUT2D eigenvalue weighted by atomic mass is 32.1. The number of nitrogens with zero attached hydrogens (tertiary/aromatic N) is 2. The Kier molecular flexibility index (Phi) is 8.26. The number of thiophene rings is 1. The van der Waals surface area contributed by atoms with E-state index in [1.54, 1.807) is 36.7 Å². The number of nitrogens with one attached hydrogen (secondary N) is 2. The van der Waals surface area contributed by atoms with Gasteiger partial charge < -0.3 is 10.6 Å². The van der Waals surface area contributed by atoms with E-state index in [0.717, 1.165) is 37.7 Å². The van der Waals surface area contributed by atoms with Crippen LogP contribution in [-0.4, -0.2) is 35.3 Å². The minimum absolute atomic E-state index is 0.0969. The molecule has 3 aromatic rings. The monoisotopic (exact) mass is 490 g/mol. The van der Waals surface area contributed by atoms with E-state index in [4.69, 9.17) is 0 Å². The van der Waals surface area contributed by atoms with Crippen LogP contribution >= 0.6 is 11.3 Å². The van der Waals surface area contributed by atoms with Gasteiger partial charge in [-0.3, -0.25) is 24.3 Å². The maximum absolute atomic E-state index is 13.6. The van der Waals surface area contributed by atoms with Crippen LogP contribution in [0, 0.1) is 0 Å². The Morgan fingerprint density at radius 1 is 1.09 bits per heavy atom. The Morgan fingerprint density at radius 2 is 1.86 bits per heavy atom. The summed E-state index contributed by atoms with van der Waals surface area (Å²) in [6.45, 7) is 1.82. The smallest absolute Gasteiger partial charge is 0.261 e. The highest BCUT2D eigenvalue weighted by Gasteiger charge is 2.34. The molecule has 2 aromatic heterocycles. The molecule has 2 N–H and O–H groups in total. The summed E-state index contributed by atoms with van der Waals surface area (Å²) in [4.78, 5) is 46.0. The molecule has 0 aliphatic heterocycles. The molecule has 0 saturated heterocycles. The van der Waals surface area contributed by atoms with Crippen molar-refractivity contribution in [3.63, 3.8) is 0 Å². The van der Waals surface area contributed by atoms with Gasteiger partial charge in [-0.05, 0) is 54.5 Å². The van der Waals surface area contributed by atoms with E-state index in [1.165, 1.54) is 16.2 Å². The van der Waals surface area contributed by atoms with Gasteiger partial charge in [-0.1, -0.05) is 44.0 Å². The van der Waals surface area contributed by atoms with Crippen LogP contribution in [-0.2, 0) is 16.0 Å². The average molecular weight is 491 g/mol. The second-order valence-electron chi connectivity index (χ2n) is 8.62. The van der Waals surface area contributed by atoms with E-state index in [0.29, 0.717) is 16.1 Å². The molecule has 1 saturated carbocycles. The van der Waals surface area contributed by atoms with Gasteiger partial charge in [0, 0.05) is 29.7 Å². The normalized spacial score (nSPS) is 14.3. The molecular formula is C27H30N4O3S. The van der Waals surface area contributed by atoms with E-state index < -0.39 is 6.04 Å². The van der Waals surface area contributed by atoms with Crippen molar-refractivity contribution in [1.29, 1.82) is 0 Å². The quantitative estimate of drug-likeness (QED) is 0.469. The summed E-state index contributed by atoms with van der Waals surface area (Å²) in [7, 11) is 0. The molecule has 1 aromatic carbocycles. The molecule has 2 heterocycles. The maximum atomic E-state index is 13.6. The number of carbonyl (C=O) groups excluding carboxylic acids is 3. The zero-order valence-electron chi connectivity index (χ0n) is 19.8. The molecule has 7 nitrogen and oxygen atoms in total. The summed E-state index contributed by atoms with van der Waals surface area (Å²) in [6, 6.07) is 13.8. The van der Waals surface area contributed by atoms with Gasteiger partial charge in [0.05, 0.1) is 11.4 Å². The highest BCUT2D eigenvalue weighted by molar-refractivity contribution is 7.12. The van der Waals surface area contributed by atoms with Crippen molar-refractivity contribution in [2.75, 3.05) is 11.4 Å². The largest absolute Gasteiger partial charge is 0.351 e. The molecule has 35 heavy (non-hydrogen) atoms. The van der Waals surface area contributed by atoms with E-state index >= 15 is 0 Å². The number of hydrogen-bond acceptors (Lipinski definition) is 5. The van der Waals surface area contributed by atoms with Crippen molar-refractivity contribution in [3.8, 4) is 0 Å². The molecule has 182 valence electrons. The second kappa shape index (κ2) is 11.8. The Bertz CT molecular complexity index is 1130. The molecule has 0 bridgehead atoms. The highest BCUT2D eigenvalue weighted by Crippen LogP contribution is 2.29. The number of pyridine rings is 1. The minimum atomic E-state index is -0.914. The lowest BCUT2D eigenvalue weighted by Gasteiger charge is -2.32. The van der Waals surface area contributed by atoms with Crippen molar-refractivity contribution in [2.24, 2.45) is 0 Å². The molecule has 8 heteroatoms. The number of rotatable bonds is 9. The van der Waals surface area contributed by atoms with Gasteiger partial charge in [-0.25, -0.2) is 0 Å². The van der Waals surface area contributed by atoms with E-state index in [1.807, 2.05) is 29.6 Å². The van der Waals surface area contributed by atoms with Gasteiger partial charge in [-0.15, -0.1) is 11.3 Å². The standard InChI is InChI=1S/C27H30N4O3S/c1-2-19-11-13-22(14-12-19)31(24(32)18-29-26(33)23-10-6-16-35-23)25(20-7-5-15-28-17-20)27(34)30-21-8-3-4-9-21/h5-7,10-17,21,25H,2-4,8-9,18H2,1H3,(H,29,33)(H,30,34)/t25-/m0/s1. The third-order valence-electron chi connectivity index (χ3n) is 6.24. The van der Waals surface area contributed by atoms with Crippen LogP contribution in [0.25, 0.3) is 0 Å². The van der Waals surface area contributed by atoms with E-state index in [-0.39, 0.29) is 30.3 Å². The molecule has 0 radical (unpaired) electrons. The summed E-state index contributed by atoms with van der Waals surface area (Å²) in [5.41, 5.74) is 2.33. The topological polar surface area (TPSA) is 91.4 Å². The molecule has 1 aliphatic rings. The Morgan fingerprint density at radius 3 is 2.49 bits per heavy atom. The van der Waals surface area contributed by atoms with Crippen LogP contribution in [0.3, 0.4) is 0 Å². The first-order valence-electron chi connectivity index (χ1n) is 12.0. The Hall–Kier alpha value is -3.52. The van der Waals surface area contributed by atoms with Crippen LogP contribution in [0.4, 0.5) is 5.69 Å². The zero-order chi connectivity index (χ0) is 24.6. The van der Waals surface area contributed by atoms with Crippen LogP contribution in [0.5, 0.6) is 0 Å². The van der Waals surface area contributed by atoms with E-state index in [9.17, 15) is 14.4 Å². The third kappa shape index (κ3) is 6.14. The number of carbonyl (C=O) groups is 3. The Balaban J connectivity index is 1.66. The number of benzene rings is 1. The second-order valence-corrected chi connectivity index (χ2v) is 9.57. The van der Waals surface area contributed by atoms with Gasteiger partial charge in [0.15, 0.2) is 0 Å². The fourth-order valence-corrected chi connectivity index (χ4v) is 5.01. The molecule has 4 rings (SSSR count). The number of aromatic nitrogens is 1. The van der Waals surface area contributed by atoms with Crippen LogP contribution in [0.1, 0.15) is 59.4 Å². The van der Waals surface area contributed by atoms with Gasteiger partial charge >= 0.3 is 0 Å². The zero-order valence-corrected chi connectivity index (χ0v) is 20.6. The molecule has 1 fully saturated rings. The molecule has 1 atom stereocenters. The lowest BCUT2D eigenvalue weighted by atomic mass is 10.0. The maximum Gasteiger partial charge on any atom is 0.261 e. The van der Waals surface area contributed by atoms with Gasteiger partial charge in [0.25, 0.3) is 5.91 Å². The molecule has 0 spiro atoms. The van der Waals surface area contributed by atoms with Crippen LogP contribution in [0.2, 0.25) is 0 Å². The van der Waals surface area contributed by atoms with Crippen molar-refractivity contribution in [2.45, 2.75) is 51.1 Å². The lowest BCUT2D eigenvalue weighted by Crippen LogP contribution is -2.49. The average Bonchev–Trinajstić information content (AvgIpc) is 3.61. The van der Waals surface area contributed by atoms with Crippen molar-refractivity contribution < 1.29 is 14.4 Å². The summed E-state index contributed by atoms with van der Waals surface area (Å²) in [5.74, 6) is -0.944. The van der Waals surface area contributed by atoms with Gasteiger partial charge in [-0.2, -0.15) is 0 Å². The van der Waals surface area contributed by atoms with Crippen LogP contribution in [0.15, 0.2) is 66.3 Å². The summed E-state index contributed by atoms with van der Waals surface area (Å²) < 4.78 is 0.